The van der Waals surface area contributed by atoms with Crippen molar-refractivity contribution in [1.29, 1.82) is 0 Å². The van der Waals surface area contributed by atoms with E-state index >= 15 is 0 Å². The Balaban J connectivity index is 1.18. The third-order valence-electron chi connectivity index (χ3n) is 7.47. The fourth-order valence-corrected chi connectivity index (χ4v) is 5.66. The quantitative estimate of drug-likeness (QED) is 0.323. The molecule has 0 atom stereocenters. The summed E-state index contributed by atoms with van der Waals surface area (Å²) in [7, 11) is 0. The number of benzene rings is 3. The topological polar surface area (TPSA) is 55.4 Å². The summed E-state index contributed by atoms with van der Waals surface area (Å²) >= 11 is 0. The van der Waals surface area contributed by atoms with Gasteiger partial charge in [-0.3, -0.25) is 9.20 Å². The average Bonchev–Trinajstić information content (AvgIpc) is 3.34. The Bertz CT molecular complexity index is 1580. The van der Waals surface area contributed by atoms with Gasteiger partial charge in [0.15, 0.2) is 0 Å². The minimum absolute atomic E-state index is 0.0708. The lowest BCUT2D eigenvalue weighted by Crippen LogP contribution is -2.33. The number of aryl methyl sites for hydroxylation is 2. The second-order valence-corrected chi connectivity index (χ2v) is 9.76. The molecule has 1 saturated heterocycles. The highest BCUT2D eigenvalue weighted by molar-refractivity contribution is 5.82. The fourth-order valence-electron chi connectivity index (χ4n) is 5.66. The predicted octanol–water partition coefficient (Wildman–Crippen LogP) is 5.34. The molecule has 5 aromatic rings. The number of likely N-dealkylation sites (tertiary alicyclic amines) is 1. The van der Waals surface area contributed by atoms with Crippen LogP contribution in [0.5, 0.6) is 0 Å². The first-order valence-corrected chi connectivity index (χ1v) is 13.1. The van der Waals surface area contributed by atoms with Gasteiger partial charge in [0.05, 0.1) is 11.0 Å². The lowest BCUT2D eigenvalue weighted by Gasteiger charge is -2.30. The van der Waals surface area contributed by atoms with Crippen molar-refractivity contribution < 1.29 is 0 Å². The van der Waals surface area contributed by atoms with E-state index < -0.39 is 0 Å². The minimum Gasteiger partial charge on any atom is -0.304 e. The minimum atomic E-state index is -0.0708. The van der Waals surface area contributed by atoms with Crippen LogP contribution in [-0.2, 0) is 6.54 Å². The van der Waals surface area contributed by atoms with Crippen molar-refractivity contribution in [2.75, 3.05) is 19.6 Å². The summed E-state index contributed by atoms with van der Waals surface area (Å²) in [5.74, 6) is 0.734. The highest BCUT2D eigenvalue weighted by Crippen LogP contribution is 2.32. The van der Waals surface area contributed by atoms with Crippen molar-refractivity contribution in [3.05, 3.63) is 118 Å². The van der Waals surface area contributed by atoms with Crippen LogP contribution in [0.3, 0.4) is 0 Å². The van der Waals surface area contributed by atoms with Crippen molar-refractivity contribution in [3.63, 3.8) is 0 Å². The number of para-hydroxylation sites is 2. The van der Waals surface area contributed by atoms with E-state index in [2.05, 4.69) is 75.8 Å². The van der Waals surface area contributed by atoms with Crippen molar-refractivity contribution in [1.82, 2.24) is 24.1 Å². The standard InChI is InChI=1S/C31H31N5O/c1-23-32-33-30-31(37)35(27-15-8-9-16-28(27)36(23)30)20-10-19-34-21-17-26(18-22-34)29(24-11-4-2-5-12-24)25-13-6-3-7-14-25/h2-9,11-16H,10,17-22H2,1H3. The number of hydrogen-bond acceptors (Lipinski definition) is 4. The third kappa shape index (κ3) is 4.49. The van der Waals surface area contributed by atoms with Gasteiger partial charge in [0.2, 0.25) is 5.65 Å². The van der Waals surface area contributed by atoms with Crippen LogP contribution in [0.4, 0.5) is 0 Å². The van der Waals surface area contributed by atoms with Gasteiger partial charge in [0, 0.05) is 19.6 Å². The number of piperidine rings is 1. The normalized spacial score (nSPS) is 14.5. The SMILES string of the molecule is Cc1nnc2c(=O)n(CCCN3CCC(=C(c4ccccc4)c4ccccc4)CC3)c3ccccc3n12. The maximum atomic E-state index is 13.2. The van der Waals surface area contributed by atoms with Gasteiger partial charge < -0.3 is 9.47 Å². The summed E-state index contributed by atoms with van der Waals surface area (Å²) in [5.41, 5.74) is 7.74. The van der Waals surface area contributed by atoms with Gasteiger partial charge in [-0.1, -0.05) is 78.4 Å². The van der Waals surface area contributed by atoms with Crippen LogP contribution in [0.15, 0.2) is 95.3 Å². The summed E-state index contributed by atoms with van der Waals surface area (Å²) in [6, 6.07) is 29.6. The maximum Gasteiger partial charge on any atom is 0.296 e. The van der Waals surface area contributed by atoms with Gasteiger partial charge >= 0.3 is 0 Å². The molecule has 186 valence electrons. The number of nitrogens with zero attached hydrogens (tertiary/aromatic N) is 5. The van der Waals surface area contributed by atoms with Crippen LogP contribution in [0.1, 0.15) is 36.2 Å². The molecule has 1 aliphatic rings. The zero-order valence-corrected chi connectivity index (χ0v) is 21.2. The zero-order chi connectivity index (χ0) is 25.2. The Morgan fingerprint density at radius 1 is 0.757 bits per heavy atom. The summed E-state index contributed by atoms with van der Waals surface area (Å²) < 4.78 is 3.74. The van der Waals surface area contributed by atoms with Crippen LogP contribution in [0, 0.1) is 6.92 Å². The fraction of sp³-hybridized carbons (Fsp3) is 0.258. The molecular weight excluding hydrogens is 458 g/mol. The molecule has 2 aromatic heterocycles. The van der Waals surface area contributed by atoms with Gasteiger partial charge in [-0.25, -0.2) is 0 Å². The zero-order valence-electron chi connectivity index (χ0n) is 21.2. The Morgan fingerprint density at radius 3 is 2.00 bits per heavy atom. The van der Waals surface area contributed by atoms with Crippen molar-refractivity contribution in [3.8, 4) is 0 Å². The number of hydrogen-bond donors (Lipinski definition) is 0. The first kappa shape index (κ1) is 23.4. The molecule has 0 bridgehead atoms. The molecule has 0 N–H and O–H groups in total. The van der Waals surface area contributed by atoms with Gasteiger partial charge in [-0.2, -0.15) is 0 Å². The van der Waals surface area contributed by atoms with E-state index in [1.165, 1.54) is 22.3 Å². The molecule has 0 unspecified atom stereocenters. The van der Waals surface area contributed by atoms with Crippen molar-refractivity contribution >= 4 is 22.3 Å². The first-order valence-electron chi connectivity index (χ1n) is 13.1. The highest BCUT2D eigenvalue weighted by Gasteiger charge is 2.19. The molecule has 6 rings (SSSR count). The summed E-state index contributed by atoms with van der Waals surface area (Å²) in [6.45, 7) is 5.60. The molecule has 3 aromatic carbocycles. The smallest absolute Gasteiger partial charge is 0.296 e. The molecule has 3 heterocycles. The Labute approximate surface area is 216 Å². The number of rotatable bonds is 6. The second-order valence-electron chi connectivity index (χ2n) is 9.76. The molecule has 0 saturated carbocycles. The van der Waals surface area contributed by atoms with Crippen LogP contribution in [-0.4, -0.2) is 43.7 Å². The van der Waals surface area contributed by atoms with E-state index in [0.29, 0.717) is 12.2 Å². The lowest BCUT2D eigenvalue weighted by atomic mass is 9.88. The molecule has 6 nitrogen and oxygen atoms in total. The second kappa shape index (κ2) is 10.1. The van der Waals surface area contributed by atoms with E-state index in [4.69, 9.17) is 0 Å². The highest BCUT2D eigenvalue weighted by atomic mass is 16.1. The molecule has 6 heteroatoms. The molecule has 0 radical (unpaired) electrons. The molecular formula is C31H31N5O. The number of fused-ring (bicyclic) bond motifs is 3. The molecule has 0 spiro atoms. The Hall–Kier alpha value is -4.03. The first-order chi connectivity index (χ1) is 18.2. The van der Waals surface area contributed by atoms with Gasteiger partial charge in [0.1, 0.15) is 5.82 Å². The lowest BCUT2D eigenvalue weighted by molar-refractivity contribution is 0.249. The monoisotopic (exact) mass is 489 g/mol. The van der Waals surface area contributed by atoms with Gasteiger partial charge in [-0.05, 0) is 61.6 Å². The van der Waals surface area contributed by atoms with Crippen molar-refractivity contribution in [2.24, 2.45) is 0 Å². The average molecular weight is 490 g/mol. The summed E-state index contributed by atoms with van der Waals surface area (Å²) in [4.78, 5) is 15.8. The van der Waals surface area contributed by atoms with E-state index in [1.807, 2.05) is 40.2 Å². The van der Waals surface area contributed by atoms with Crippen molar-refractivity contribution in [2.45, 2.75) is 32.7 Å². The predicted molar refractivity (Wildman–Crippen MR) is 149 cm³/mol. The van der Waals surface area contributed by atoms with E-state index in [9.17, 15) is 4.79 Å². The maximum absolute atomic E-state index is 13.2. The Morgan fingerprint density at radius 2 is 1.35 bits per heavy atom. The molecule has 0 aliphatic carbocycles. The van der Waals surface area contributed by atoms with Crippen LogP contribution in [0.2, 0.25) is 0 Å². The number of aromatic nitrogens is 4. The van der Waals surface area contributed by atoms with Crippen LogP contribution >= 0.6 is 0 Å². The van der Waals surface area contributed by atoms with Gasteiger partial charge in [0.25, 0.3) is 5.56 Å². The summed E-state index contributed by atoms with van der Waals surface area (Å²) in [5, 5.41) is 8.32. The van der Waals surface area contributed by atoms with Crippen LogP contribution in [0.25, 0.3) is 22.3 Å². The van der Waals surface area contributed by atoms with Gasteiger partial charge in [-0.15, -0.1) is 10.2 Å². The molecule has 1 fully saturated rings. The molecule has 1 aliphatic heterocycles. The summed E-state index contributed by atoms with van der Waals surface area (Å²) in [6.07, 6.45) is 3.04. The third-order valence-corrected chi connectivity index (χ3v) is 7.47. The molecule has 37 heavy (non-hydrogen) atoms. The van der Waals surface area contributed by atoms with E-state index in [1.54, 1.807) is 0 Å². The largest absolute Gasteiger partial charge is 0.304 e. The van der Waals surface area contributed by atoms with E-state index in [0.717, 1.165) is 55.8 Å². The van der Waals surface area contributed by atoms with E-state index in [-0.39, 0.29) is 5.56 Å². The molecule has 0 amide bonds. The Kier molecular flexibility index (Phi) is 6.41. The van der Waals surface area contributed by atoms with Crippen LogP contribution < -0.4 is 5.56 Å².